The summed E-state index contributed by atoms with van der Waals surface area (Å²) in [5.74, 6) is 0. The van der Waals surface area contributed by atoms with E-state index in [4.69, 9.17) is 0 Å². The molecule has 0 saturated carbocycles. The van der Waals surface area contributed by atoms with Crippen LogP contribution in [0.1, 0.15) is 12.5 Å². The van der Waals surface area contributed by atoms with Crippen LogP contribution >= 0.6 is 0 Å². The monoisotopic (exact) mass is 228 g/mol. The van der Waals surface area contributed by atoms with E-state index in [9.17, 15) is 4.80 Å². The molecule has 1 unspecified atom stereocenters. The van der Waals surface area contributed by atoms with Gasteiger partial charge in [0.05, 0.1) is 0 Å². The molecule has 0 fully saturated rings. The largest absolute Gasteiger partial charge is 0.437 e. The number of rotatable bonds is 3. The van der Waals surface area contributed by atoms with Crippen molar-refractivity contribution in [2.45, 2.75) is 12.0 Å². The maximum absolute atomic E-state index is 9.67. The average Bonchev–Trinajstić information content (AvgIpc) is 2.37. The molecule has 82 valence electrons. The minimum absolute atomic E-state index is 0.235. The lowest BCUT2D eigenvalue weighted by atomic mass is 9.94. The second-order valence-electron chi connectivity index (χ2n) is 4.31. The molecule has 0 spiro atoms. The maximum atomic E-state index is 9.67. The van der Waals surface area contributed by atoms with Crippen molar-refractivity contribution in [2.24, 2.45) is 0 Å². The SMILES string of the molecule is C=CC(C)([SiH2]O)c1cccc2ccccc12. The molecule has 0 heterocycles. The first-order valence-corrected chi connectivity index (χ1v) is 6.78. The summed E-state index contributed by atoms with van der Waals surface area (Å²) >= 11 is 0. The third kappa shape index (κ3) is 1.70. The zero-order valence-corrected chi connectivity index (χ0v) is 10.9. The molecule has 0 radical (unpaired) electrons. The Bertz CT molecular complexity index is 516. The van der Waals surface area contributed by atoms with Gasteiger partial charge in [0.15, 0.2) is 9.76 Å². The lowest BCUT2D eigenvalue weighted by Crippen LogP contribution is -2.27. The Morgan fingerprint density at radius 1 is 1.19 bits per heavy atom. The highest BCUT2D eigenvalue weighted by atomic mass is 28.2. The van der Waals surface area contributed by atoms with E-state index in [0.29, 0.717) is 0 Å². The van der Waals surface area contributed by atoms with Crippen molar-refractivity contribution in [2.75, 3.05) is 0 Å². The van der Waals surface area contributed by atoms with E-state index in [1.54, 1.807) is 0 Å². The van der Waals surface area contributed by atoms with Gasteiger partial charge in [-0.05, 0) is 16.3 Å². The van der Waals surface area contributed by atoms with Gasteiger partial charge in [-0.15, -0.1) is 6.58 Å². The molecule has 2 rings (SSSR count). The highest BCUT2D eigenvalue weighted by Gasteiger charge is 2.24. The van der Waals surface area contributed by atoms with Gasteiger partial charge in [0.2, 0.25) is 0 Å². The van der Waals surface area contributed by atoms with E-state index in [0.717, 1.165) is 0 Å². The second kappa shape index (κ2) is 4.24. The molecule has 16 heavy (non-hydrogen) atoms. The van der Waals surface area contributed by atoms with Crippen LogP contribution in [0.25, 0.3) is 10.8 Å². The molecule has 2 heteroatoms. The van der Waals surface area contributed by atoms with E-state index in [1.165, 1.54) is 16.3 Å². The summed E-state index contributed by atoms with van der Waals surface area (Å²) in [6, 6.07) is 14.5. The first-order chi connectivity index (χ1) is 7.71. The number of allylic oxidation sites excluding steroid dienone is 1. The Hall–Kier alpha value is -1.38. The fraction of sp³-hybridized carbons (Fsp3) is 0.143. The summed E-state index contributed by atoms with van der Waals surface area (Å²) in [6.45, 7) is 5.93. The smallest absolute Gasteiger partial charge is 0.170 e. The topological polar surface area (TPSA) is 20.2 Å². The molecule has 0 saturated heterocycles. The summed E-state index contributed by atoms with van der Waals surface area (Å²) in [5, 5.41) is 2.20. The van der Waals surface area contributed by atoms with E-state index in [-0.39, 0.29) is 5.04 Å². The summed E-state index contributed by atoms with van der Waals surface area (Å²) in [7, 11) is -1.17. The zero-order valence-electron chi connectivity index (χ0n) is 9.48. The van der Waals surface area contributed by atoms with Crippen LogP contribution in [0.15, 0.2) is 55.1 Å². The molecule has 2 aromatic carbocycles. The first kappa shape index (κ1) is 11.1. The van der Waals surface area contributed by atoms with E-state index in [2.05, 4.69) is 37.8 Å². The van der Waals surface area contributed by atoms with Crippen LogP contribution in [0.5, 0.6) is 0 Å². The van der Waals surface area contributed by atoms with Gasteiger partial charge < -0.3 is 4.80 Å². The Kier molecular flexibility index (Phi) is 2.94. The molecule has 1 atom stereocenters. The molecule has 0 aliphatic rings. The molecule has 1 N–H and O–H groups in total. The molecular formula is C14H16OSi. The van der Waals surface area contributed by atoms with Gasteiger partial charge in [0.25, 0.3) is 0 Å². The molecule has 1 nitrogen and oxygen atoms in total. The normalized spacial score (nSPS) is 15.4. The van der Waals surface area contributed by atoms with Crippen LogP contribution in [-0.4, -0.2) is 14.6 Å². The van der Waals surface area contributed by atoms with Crippen LogP contribution in [0.4, 0.5) is 0 Å². The molecule has 0 aliphatic heterocycles. The fourth-order valence-corrected chi connectivity index (χ4v) is 2.59. The van der Waals surface area contributed by atoms with Crippen molar-refractivity contribution < 1.29 is 4.80 Å². The van der Waals surface area contributed by atoms with Gasteiger partial charge in [-0.2, -0.15) is 0 Å². The zero-order chi connectivity index (χ0) is 11.6. The van der Waals surface area contributed by atoms with Crippen molar-refractivity contribution in [1.82, 2.24) is 0 Å². The van der Waals surface area contributed by atoms with Gasteiger partial charge >= 0.3 is 0 Å². The Labute approximate surface area is 98.4 Å². The van der Waals surface area contributed by atoms with Crippen LogP contribution in [-0.2, 0) is 5.04 Å². The minimum atomic E-state index is -1.17. The second-order valence-corrected chi connectivity index (χ2v) is 6.09. The number of hydrogen-bond acceptors (Lipinski definition) is 1. The van der Waals surface area contributed by atoms with E-state index in [1.807, 2.05) is 24.3 Å². The lowest BCUT2D eigenvalue weighted by Gasteiger charge is -2.24. The number of benzene rings is 2. The predicted molar refractivity (Wildman–Crippen MR) is 72.3 cm³/mol. The van der Waals surface area contributed by atoms with Crippen LogP contribution in [0.3, 0.4) is 0 Å². The van der Waals surface area contributed by atoms with Crippen molar-refractivity contribution >= 4 is 20.5 Å². The molecule has 0 aromatic heterocycles. The highest BCUT2D eigenvalue weighted by molar-refractivity contribution is 6.32. The van der Waals surface area contributed by atoms with Crippen LogP contribution in [0, 0.1) is 0 Å². The van der Waals surface area contributed by atoms with Crippen molar-refractivity contribution in [3.05, 3.63) is 60.7 Å². The average molecular weight is 228 g/mol. The summed E-state index contributed by atoms with van der Waals surface area (Å²) in [5.41, 5.74) is 1.19. The molecule has 2 aromatic rings. The van der Waals surface area contributed by atoms with Crippen molar-refractivity contribution in [1.29, 1.82) is 0 Å². The van der Waals surface area contributed by atoms with E-state index >= 15 is 0 Å². The quantitative estimate of drug-likeness (QED) is 0.631. The van der Waals surface area contributed by atoms with E-state index < -0.39 is 9.76 Å². The molecular weight excluding hydrogens is 212 g/mol. The van der Waals surface area contributed by atoms with Gasteiger partial charge in [0, 0.05) is 5.04 Å². The van der Waals surface area contributed by atoms with Crippen molar-refractivity contribution in [3.8, 4) is 0 Å². The van der Waals surface area contributed by atoms with Gasteiger partial charge in [0.1, 0.15) is 0 Å². The van der Waals surface area contributed by atoms with Gasteiger partial charge in [-0.1, -0.05) is 55.5 Å². The summed E-state index contributed by atoms with van der Waals surface area (Å²) < 4.78 is 0. The fourth-order valence-electron chi connectivity index (χ4n) is 1.98. The Morgan fingerprint density at radius 2 is 1.88 bits per heavy atom. The summed E-state index contributed by atoms with van der Waals surface area (Å²) in [4.78, 5) is 9.67. The van der Waals surface area contributed by atoms with Crippen molar-refractivity contribution in [3.63, 3.8) is 0 Å². The van der Waals surface area contributed by atoms with Crippen LogP contribution in [0.2, 0.25) is 0 Å². The third-order valence-electron chi connectivity index (χ3n) is 3.18. The first-order valence-electron chi connectivity index (χ1n) is 5.44. The third-order valence-corrected chi connectivity index (χ3v) is 4.51. The van der Waals surface area contributed by atoms with Crippen LogP contribution < -0.4 is 0 Å². The standard InChI is InChI=1S/C14H16OSi/c1-3-14(2,16-15)13-10-6-8-11-7-4-5-9-12(11)13/h3-10,15H,1,16H2,2H3. The Balaban J connectivity index is 2.73. The molecule has 0 aliphatic carbocycles. The lowest BCUT2D eigenvalue weighted by molar-refractivity contribution is 0.563. The van der Waals surface area contributed by atoms with Gasteiger partial charge in [-0.25, -0.2) is 0 Å². The number of hydrogen-bond donors (Lipinski definition) is 1. The number of fused-ring (bicyclic) bond motifs is 1. The Morgan fingerprint density at radius 3 is 2.56 bits per heavy atom. The minimum Gasteiger partial charge on any atom is -0.437 e. The molecule has 0 bridgehead atoms. The summed E-state index contributed by atoms with van der Waals surface area (Å²) in [6.07, 6.45) is 1.88. The molecule has 0 amide bonds. The maximum Gasteiger partial charge on any atom is 0.170 e. The predicted octanol–water partition coefficient (Wildman–Crippen LogP) is 2.32. The highest BCUT2D eigenvalue weighted by Crippen LogP contribution is 2.30. The van der Waals surface area contributed by atoms with Gasteiger partial charge in [-0.3, -0.25) is 0 Å².